The van der Waals surface area contributed by atoms with E-state index in [4.69, 9.17) is 10.2 Å². The van der Waals surface area contributed by atoms with E-state index in [1.165, 1.54) is 0 Å². The van der Waals surface area contributed by atoms with Crippen LogP contribution in [0.25, 0.3) is 0 Å². The van der Waals surface area contributed by atoms with Crippen LogP contribution >= 0.6 is 0 Å². The minimum atomic E-state index is -0.968. The molecule has 0 aromatic rings. The van der Waals surface area contributed by atoms with Crippen molar-refractivity contribution in [3.8, 4) is 0 Å². The van der Waals surface area contributed by atoms with Crippen molar-refractivity contribution in [3.05, 3.63) is 0 Å². The van der Waals surface area contributed by atoms with Gasteiger partial charge in [0.05, 0.1) is 11.8 Å². The summed E-state index contributed by atoms with van der Waals surface area (Å²) < 4.78 is 0. The zero-order valence-corrected chi connectivity index (χ0v) is 9.14. The van der Waals surface area contributed by atoms with Crippen molar-refractivity contribution in [2.75, 3.05) is 0 Å². The number of carbonyl (C=O) groups is 2. The van der Waals surface area contributed by atoms with Gasteiger partial charge in [0.2, 0.25) is 0 Å². The zero-order chi connectivity index (χ0) is 11.6. The van der Waals surface area contributed by atoms with E-state index in [9.17, 15) is 9.59 Å². The van der Waals surface area contributed by atoms with Crippen molar-refractivity contribution >= 4 is 71.1 Å². The molecular weight excluding hydrogens is 242 g/mol. The van der Waals surface area contributed by atoms with E-state index in [2.05, 4.69) is 13.8 Å². The van der Waals surface area contributed by atoms with Crippen LogP contribution < -0.4 is 0 Å². The summed E-state index contributed by atoms with van der Waals surface area (Å²) in [4.78, 5) is 21.9. The third-order valence-corrected chi connectivity index (χ3v) is 3.47. The fourth-order valence-corrected chi connectivity index (χ4v) is 2.38. The molecule has 3 atom stereocenters. The fraction of sp³-hybridized carbons (Fsp3) is 0.818. The number of aliphatic carboxylic acids is 2. The van der Waals surface area contributed by atoms with Crippen LogP contribution in [-0.2, 0) is 9.59 Å². The Hall–Kier alpha value is 0.940. The van der Waals surface area contributed by atoms with E-state index in [-0.39, 0.29) is 59.1 Å². The standard InChI is InChI=1S/C11H18O4.2Na.2H/c1-6(2)7-3-4-8(10(12)13)9(5-7)11(14)15;;;;/h6-9H,3-5H2,1-2H3,(H,12,13)(H,14,15);;;;. The van der Waals surface area contributed by atoms with Gasteiger partial charge in [0, 0.05) is 0 Å². The molecule has 17 heavy (non-hydrogen) atoms. The molecule has 90 valence electrons. The first-order valence-electron chi connectivity index (χ1n) is 5.39. The summed E-state index contributed by atoms with van der Waals surface area (Å²) >= 11 is 0. The van der Waals surface area contributed by atoms with Gasteiger partial charge in [0.15, 0.2) is 0 Å². The molecule has 0 aromatic heterocycles. The van der Waals surface area contributed by atoms with E-state index in [0.29, 0.717) is 24.7 Å². The Kier molecular flexibility index (Phi) is 10.7. The average Bonchev–Trinajstić information content (AvgIpc) is 2.16. The van der Waals surface area contributed by atoms with Gasteiger partial charge in [-0.2, -0.15) is 0 Å². The molecule has 3 unspecified atom stereocenters. The minimum absolute atomic E-state index is 0. The normalized spacial score (nSPS) is 27.8. The summed E-state index contributed by atoms with van der Waals surface area (Å²) in [6.45, 7) is 4.12. The third-order valence-electron chi connectivity index (χ3n) is 3.47. The number of carboxylic acid groups (broad SMARTS) is 2. The molecule has 0 amide bonds. The molecule has 1 rings (SSSR count). The predicted molar refractivity (Wildman–Crippen MR) is 68.7 cm³/mol. The predicted octanol–water partition coefficient (Wildman–Crippen LogP) is 0.547. The Labute approximate surface area is 146 Å². The quantitative estimate of drug-likeness (QED) is 0.728. The molecule has 1 aliphatic rings. The molecule has 0 aliphatic heterocycles. The molecule has 1 aliphatic carbocycles. The maximum atomic E-state index is 11.0. The molecule has 1 fully saturated rings. The Balaban J connectivity index is 0. The first-order chi connectivity index (χ1) is 6.93. The Morgan fingerprint density at radius 2 is 1.47 bits per heavy atom. The van der Waals surface area contributed by atoms with Gasteiger partial charge in [-0.05, 0) is 31.1 Å². The molecule has 4 nitrogen and oxygen atoms in total. The van der Waals surface area contributed by atoms with Crippen LogP contribution in [0.15, 0.2) is 0 Å². The van der Waals surface area contributed by atoms with Crippen molar-refractivity contribution in [3.63, 3.8) is 0 Å². The zero-order valence-electron chi connectivity index (χ0n) is 9.14. The molecule has 0 saturated heterocycles. The van der Waals surface area contributed by atoms with E-state index >= 15 is 0 Å². The van der Waals surface area contributed by atoms with Crippen molar-refractivity contribution < 1.29 is 19.8 Å². The summed E-state index contributed by atoms with van der Waals surface area (Å²) in [7, 11) is 0. The van der Waals surface area contributed by atoms with Gasteiger partial charge in [0.1, 0.15) is 0 Å². The summed E-state index contributed by atoms with van der Waals surface area (Å²) in [5, 5.41) is 17.9. The molecule has 2 N–H and O–H groups in total. The number of carboxylic acids is 2. The molecule has 0 radical (unpaired) electrons. The second kappa shape index (κ2) is 8.94. The molecule has 6 heteroatoms. The molecule has 1 saturated carbocycles. The van der Waals surface area contributed by atoms with Gasteiger partial charge >= 0.3 is 71.1 Å². The molecular formula is C11H20Na2O4. The van der Waals surface area contributed by atoms with E-state index in [0.717, 1.165) is 6.42 Å². The summed E-state index contributed by atoms with van der Waals surface area (Å²) in [5.41, 5.74) is 0. The monoisotopic (exact) mass is 262 g/mol. The van der Waals surface area contributed by atoms with Crippen LogP contribution in [0.4, 0.5) is 0 Å². The fourth-order valence-electron chi connectivity index (χ4n) is 2.38. The maximum absolute atomic E-state index is 11.0. The summed E-state index contributed by atoms with van der Waals surface area (Å²) in [6.07, 6.45) is 1.83. The van der Waals surface area contributed by atoms with E-state index < -0.39 is 23.8 Å². The first kappa shape index (κ1) is 20.3. The summed E-state index contributed by atoms with van der Waals surface area (Å²) in [5.74, 6) is -2.55. The van der Waals surface area contributed by atoms with Crippen LogP contribution in [0.2, 0.25) is 0 Å². The molecule has 0 aromatic carbocycles. The van der Waals surface area contributed by atoms with Crippen LogP contribution in [0.1, 0.15) is 33.1 Å². The molecule has 0 heterocycles. The van der Waals surface area contributed by atoms with E-state index in [1.807, 2.05) is 0 Å². The van der Waals surface area contributed by atoms with Crippen LogP contribution in [-0.4, -0.2) is 81.3 Å². The Bertz CT molecular complexity index is 268. The summed E-state index contributed by atoms with van der Waals surface area (Å²) in [6, 6.07) is 0. The Morgan fingerprint density at radius 1 is 1.00 bits per heavy atom. The number of rotatable bonds is 3. The van der Waals surface area contributed by atoms with Crippen LogP contribution in [0.5, 0.6) is 0 Å². The van der Waals surface area contributed by atoms with Crippen LogP contribution in [0.3, 0.4) is 0 Å². The second-order valence-electron chi connectivity index (χ2n) is 4.71. The van der Waals surface area contributed by atoms with Crippen molar-refractivity contribution in [1.82, 2.24) is 0 Å². The van der Waals surface area contributed by atoms with Gasteiger partial charge < -0.3 is 10.2 Å². The average molecular weight is 262 g/mol. The van der Waals surface area contributed by atoms with Crippen molar-refractivity contribution in [1.29, 1.82) is 0 Å². The number of hydrogen-bond donors (Lipinski definition) is 2. The SMILES string of the molecule is CC(C)C1CCC(C(=O)O)C(C(=O)O)C1.[NaH].[NaH]. The van der Waals surface area contributed by atoms with Gasteiger partial charge in [-0.1, -0.05) is 13.8 Å². The Morgan fingerprint density at radius 3 is 1.82 bits per heavy atom. The van der Waals surface area contributed by atoms with Gasteiger partial charge in [-0.25, -0.2) is 0 Å². The van der Waals surface area contributed by atoms with E-state index in [1.54, 1.807) is 0 Å². The topological polar surface area (TPSA) is 74.6 Å². The molecule has 0 spiro atoms. The first-order valence-corrected chi connectivity index (χ1v) is 5.39. The third kappa shape index (κ3) is 5.62. The van der Waals surface area contributed by atoms with Crippen LogP contribution in [0, 0.1) is 23.7 Å². The molecule has 0 bridgehead atoms. The number of hydrogen-bond acceptors (Lipinski definition) is 2. The van der Waals surface area contributed by atoms with Gasteiger partial charge in [-0.3, -0.25) is 9.59 Å². The van der Waals surface area contributed by atoms with Gasteiger partial charge in [-0.15, -0.1) is 0 Å². The van der Waals surface area contributed by atoms with Crippen molar-refractivity contribution in [2.24, 2.45) is 23.7 Å². The second-order valence-corrected chi connectivity index (χ2v) is 4.71. The van der Waals surface area contributed by atoms with Gasteiger partial charge in [0.25, 0.3) is 0 Å². The van der Waals surface area contributed by atoms with Crippen molar-refractivity contribution in [2.45, 2.75) is 33.1 Å².